The first-order valence-electron chi connectivity index (χ1n) is 17.6. The maximum Gasteiger partial charge on any atom is 0.411 e. The molecule has 1 aromatic carbocycles. The second-order valence-electron chi connectivity index (χ2n) is 16.1. The van der Waals surface area contributed by atoms with E-state index in [1.807, 2.05) is 6.92 Å². The van der Waals surface area contributed by atoms with E-state index in [2.05, 4.69) is 37.4 Å². The third-order valence-electron chi connectivity index (χ3n) is 9.35. The average molecular weight is 790 g/mol. The lowest BCUT2D eigenvalue weighted by atomic mass is 9.85. The van der Waals surface area contributed by atoms with Gasteiger partial charge in [-0.25, -0.2) is 18.0 Å². The van der Waals surface area contributed by atoms with Crippen LogP contribution in [0.4, 0.5) is 15.3 Å². The first-order chi connectivity index (χ1) is 25.0. The lowest BCUT2D eigenvalue weighted by Crippen LogP contribution is -2.60. The molecule has 5 rings (SSSR count). The van der Waals surface area contributed by atoms with Gasteiger partial charge in [-0.3, -0.25) is 29.5 Å². The first-order valence-corrected chi connectivity index (χ1v) is 19.6. The molecule has 0 bridgehead atoms. The summed E-state index contributed by atoms with van der Waals surface area (Å²) in [6.07, 6.45) is -0.563. The van der Waals surface area contributed by atoms with E-state index in [4.69, 9.17) is 21.1 Å². The number of aromatic nitrogens is 2. The van der Waals surface area contributed by atoms with Crippen LogP contribution in [-0.2, 0) is 33.9 Å². The Morgan fingerprint density at radius 3 is 2.33 bits per heavy atom. The summed E-state index contributed by atoms with van der Waals surface area (Å²) in [5.41, 5.74) is -1.23. The number of aromatic amines is 1. The zero-order valence-electron chi connectivity index (χ0n) is 31.4. The molecule has 1 saturated heterocycles. The van der Waals surface area contributed by atoms with Crippen molar-refractivity contribution in [3.05, 3.63) is 47.6 Å². The van der Waals surface area contributed by atoms with Crippen LogP contribution in [-0.4, -0.2) is 94.5 Å². The fourth-order valence-electron chi connectivity index (χ4n) is 6.32. The molecule has 1 aliphatic heterocycles. The fourth-order valence-corrected chi connectivity index (χ4v) is 7.85. The molecule has 3 fully saturated rings. The lowest BCUT2D eigenvalue weighted by Gasteiger charge is -2.36. The minimum atomic E-state index is -3.94. The van der Waals surface area contributed by atoms with Gasteiger partial charge in [0.2, 0.25) is 21.8 Å². The van der Waals surface area contributed by atoms with E-state index in [1.165, 1.54) is 11.0 Å². The van der Waals surface area contributed by atoms with E-state index in [9.17, 15) is 32.4 Å². The van der Waals surface area contributed by atoms with Crippen molar-refractivity contribution in [3.63, 3.8) is 0 Å². The number of carbonyl (C=O) groups is 5. The quantitative estimate of drug-likeness (QED) is 0.205. The summed E-state index contributed by atoms with van der Waals surface area (Å²) in [6.45, 7) is 15.5. The number of H-pyrrole nitrogens is 1. The van der Waals surface area contributed by atoms with Gasteiger partial charge in [0.05, 0.1) is 23.2 Å². The number of aryl methyl sites for hydroxylation is 1. The third-order valence-corrected chi connectivity index (χ3v) is 11.4. The molecule has 5 amide bonds. The van der Waals surface area contributed by atoms with Crippen LogP contribution >= 0.6 is 11.6 Å². The van der Waals surface area contributed by atoms with Gasteiger partial charge in [-0.2, -0.15) is 5.10 Å². The van der Waals surface area contributed by atoms with Gasteiger partial charge in [0.25, 0.3) is 5.91 Å². The Morgan fingerprint density at radius 1 is 1.09 bits per heavy atom. The number of rotatable bonds is 11. The van der Waals surface area contributed by atoms with Crippen LogP contribution < -0.4 is 20.7 Å². The standard InChI is InChI=1S/C36H48ClN7O9S/c1-9-20-17-36(20,31(47)43-54(50,51)23-11-12-23)40-29(45)27-16-22(18-44(27)30(46)28(34(3,4)5)39-33(49)53-35(6,7)8)52-32(48)38-25-13-10-21(37)15-24(25)26-14-19(2)41-42-26/h9-10,13-15,20,22-23,27-28H,1,11-12,16-18H2,2-8H3,(H,38,48)(H,39,49)(H,40,45)(H,41,42)(H,43,47)/t20?,22-,27+,28-,36-/m1/s1. The van der Waals surface area contributed by atoms with Gasteiger partial charge in [0.15, 0.2) is 0 Å². The number of anilines is 1. The first kappa shape index (κ1) is 40.5. The highest BCUT2D eigenvalue weighted by molar-refractivity contribution is 7.91. The number of hydrogen-bond acceptors (Lipinski definition) is 10. The number of halogens is 1. The number of likely N-dealkylation sites (tertiary alicyclic amines) is 1. The molecule has 2 aliphatic carbocycles. The maximum atomic E-state index is 14.4. The molecule has 16 nitrogen and oxygen atoms in total. The van der Waals surface area contributed by atoms with Crippen LogP contribution in [0.25, 0.3) is 11.3 Å². The molecule has 0 spiro atoms. The Balaban J connectivity index is 1.40. The number of nitrogens with zero attached hydrogens (tertiary/aromatic N) is 2. The number of benzene rings is 1. The van der Waals surface area contributed by atoms with E-state index >= 15 is 0 Å². The molecule has 1 unspecified atom stereocenters. The van der Waals surface area contributed by atoms with Gasteiger partial charge in [-0.1, -0.05) is 38.4 Å². The van der Waals surface area contributed by atoms with Crippen LogP contribution in [0.2, 0.25) is 5.02 Å². The number of nitrogens with one attached hydrogen (secondary N) is 5. The van der Waals surface area contributed by atoms with Gasteiger partial charge in [-0.15, -0.1) is 6.58 Å². The Hall–Kier alpha value is -4.64. The fraction of sp³-hybridized carbons (Fsp3) is 0.556. The average Bonchev–Trinajstić information content (AvgIpc) is 3.95. The largest absolute Gasteiger partial charge is 0.444 e. The molecule has 54 heavy (non-hydrogen) atoms. The molecule has 294 valence electrons. The Kier molecular flexibility index (Phi) is 11.2. The zero-order valence-corrected chi connectivity index (χ0v) is 32.9. The van der Waals surface area contributed by atoms with Crippen molar-refractivity contribution in [1.29, 1.82) is 0 Å². The number of sulfonamides is 1. The highest BCUT2D eigenvalue weighted by Crippen LogP contribution is 2.45. The van der Waals surface area contributed by atoms with E-state index in [-0.39, 0.29) is 19.4 Å². The van der Waals surface area contributed by atoms with Gasteiger partial charge < -0.3 is 25.0 Å². The summed E-state index contributed by atoms with van der Waals surface area (Å²) in [4.78, 5) is 69.5. The summed E-state index contributed by atoms with van der Waals surface area (Å²) in [5, 5.41) is 14.9. The van der Waals surface area contributed by atoms with E-state index in [0.29, 0.717) is 34.8 Å². The predicted octanol–water partition coefficient (Wildman–Crippen LogP) is 4.17. The van der Waals surface area contributed by atoms with E-state index in [1.54, 1.807) is 65.8 Å². The SMILES string of the molecule is C=CC1C[C@]1(NC(=O)[C@@H]1C[C@@H](OC(=O)Nc2ccc(Cl)cc2-c2cc(C)[nH]n2)CN1C(=O)[C@@H](NC(=O)OC(C)(C)C)C(C)(C)C)C(=O)NS(=O)(=O)C1CC1. The van der Waals surface area contributed by atoms with Gasteiger partial charge in [0, 0.05) is 28.6 Å². The molecular formula is C36H48ClN7O9S. The van der Waals surface area contributed by atoms with Crippen molar-refractivity contribution in [1.82, 2.24) is 30.5 Å². The monoisotopic (exact) mass is 789 g/mol. The number of amides is 5. The number of ether oxygens (including phenoxy) is 2. The zero-order chi connectivity index (χ0) is 40.0. The van der Waals surface area contributed by atoms with Crippen molar-refractivity contribution in [2.75, 3.05) is 11.9 Å². The number of hydrogen-bond donors (Lipinski definition) is 5. The molecule has 2 heterocycles. The van der Waals surface area contributed by atoms with Crippen LogP contribution in [0.3, 0.4) is 0 Å². The second kappa shape index (κ2) is 14.9. The third kappa shape index (κ3) is 9.35. The topological polar surface area (TPSA) is 218 Å². The Labute approximate surface area is 319 Å². The second-order valence-corrected chi connectivity index (χ2v) is 18.5. The van der Waals surface area contributed by atoms with E-state index in [0.717, 1.165) is 5.69 Å². The smallest absolute Gasteiger partial charge is 0.411 e. The van der Waals surface area contributed by atoms with Crippen LogP contribution in [0, 0.1) is 18.3 Å². The Morgan fingerprint density at radius 2 is 1.78 bits per heavy atom. The van der Waals surface area contributed by atoms with Gasteiger partial charge in [0.1, 0.15) is 29.3 Å². The van der Waals surface area contributed by atoms with Crippen molar-refractivity contribution in [2.24, 2.45) is 11.3 Å². The van der Waals surface area contributed by atoms with Crippen molar-refractivity contribution >= 4 is 57.2 Å². The maximum absolute atomic E-state index is 14.4. The minimum absolute atomic E-state index is 0.0844. The van der Waals surface area contributed by atoms with Crippen LogP contribution in [0.15, 0.2) is 36.9 Å². The number of alkyl carbamates (subject to hydrolysis) is 1. The predicted molar refractivity (Wildman–Crippen MR) is 200 cm³/mol. The highest BCUT2D eigenvalue weighted by atomic mass is 35.5. The summed E-state index contributed by atoms with van der Waals surface area (Å²) in [5.74, 6) is -2.93. The normalized spacial score (nSPS) is 23.1. The summed E-state index contributed by atoms with van der Waals surface area (Å²) in [6, 6.07) is 4.07. The Bertz CT molecular complexity index is 1950. The minimum Gasteiger partial charge on any atom is -0.444 e. The van der Waals surface area contributed by atoms with Crippen LogP contribution in [0.1, 0.15) is 72.9 Å². The molecule has 2 saturated carbocycles. The molecule has 0 radical (unpaired) electrons. The van der Waals surface area contributed by atoms with Crippen molar-refractivity contribution in [3.8, 4) is 11.3 Å². The van der Waals surface area contributed by atoms with Crippen molar-refractivity contribution < 1.29 is 41.9 Å². The number of carbonyl (C=O) groups excluding carboxylic acids is 5. The lowest BCUT2D eigenvalue weighted by molar-refractivity contribution is -0.143. The molecule has 18 heteroatoms. The van der Waals surface area contributed by atoms with Gasteiger partial charge in [-0.05, 0) is 76.6 Å². The molecule has 5 atom stereocenters. The molecule has 5 N–H and O–H groups in total. The summed E-state index contributed by atoms with van der Waals surface area (Å²) in [7, 11) is -3.94. The van der Waals surface area contributed by atoms with Crippen molar-refractivity contribution in [2.45, 2.75) is 109 Å². The molecule has 3 aliphatic rings. The van der Waals surface area contributed by atoms with Crippen LogP contribution in [0.5, 0.6) is 0 Å². The summed E-state index contributed by atoms with van der Waals surface area (Å²) < 4.78 is 38.6. The summed E-state index contributed by atoms with van der Waals surface area (Å²) >= 11 is 6.24. The molecular weight excluding hydrogens is 742 g/mol. The highest BCUT2D eigenvalue weighted by Gasteiger charge is 2.62. The molecule has 2 aromatic rings. The van der Waals surface area contributed by atoms with Gasteiger partial charge >= 0.3 is 12.2 Å². The van der Waals surface area contributed by atoms with E-state index < -0.39 is 85.8 Å². The molecule has 1 aromatic heterocycles.